The lowest BCUT2D eigenvalue weighted by Crippen LogP contribution is -2.09. The second-order valence-corrected chi connectivity index (χ2v) is 5.16. The predicted molar refractivity (Wildman–Crippen MR) is 86.7 cm³/mol. The molecule has 0 aliphatic carbocycles. The van der Waals surface area contributed by atoms with Crippen LogP contribution >= 0.6 is 0 Å². The predicted octanol–water partition coefficient (Wildman–Crippen LogP) is 3.99. The summed E-state index contributed by atoms with van der Waals surface area (Å²) in [6, 6.07) is 12.8. The van der Waals surface area contributed by atoms with Crippen LogP contribution in [0.3, 0.4) is 0 Å². The molecule has 0 spiro atoms. The van der Waals surface area contributed by atoms with Gasteiger partial charge in [0.15, 0.2) is 5.82 Å². The molecule has 7 heteroatoms. The molecule has 3 aromatic rings. The van der Waals surface area contributed by atoms with Gasteiger partial charge in [0.05, 0.1) is 0 Å². The van der Waals surface area contributed by atoms with E-state index in [0.29, 0.717) is 22.5 Å². The lowest BCUT2D eigenvalue weighted by molar-refractivity contribution is -0.141. The number of aromatic nitrogens is 2. The van der Waals surface area contributed by atoms with Gasteiger partial charge < -0.3 is 11.5 Å². The first-order valence-corrected chi connectivity index (χ1v) is 7.01. The third kappa shape index (κ3) is 3.01. The fourth-order valence-corrected chi connectivity index (χ4v) is 2.36. The molecule has 1 aromatic heterocycles. The molecule has 3 rings (SSSR count). The van der Waals surface area contributed by atoms with Gasteiger partial charge >= 0.3 is 6.18 Å². The van der Waals surface area contributed by atoms with E-state index in [9.17, 15) is 13.2 Å². The number of alkyl halides is 3. The van der Waals surface area contributed by atoms with Crippen molar-refractivity contribution in [1.82, 2.24) is 9.97 Å². The molecule has 0 aliphatic heterocycles. The van der Waals surface area contributed by atoms with E-state index in [0.717, 1.165) is 17.8 Å². The molecule has 24 heavy (non-hydrogen) atoms. The maximum atomic E-state index is 12.9. The molecule has 2 aromatic carbocycles. The minimum absolute atomic E-state index is 0.0743. The van der Waals surface area contributed by atoms with Gasteiger partial charge in [-0.05, 0) is 35.4 Å². The number of benzene rings is 2. The fraction of sp³-hybridized carbons (Fsp3) is 0.0588. The van der Waals surface area contributed by atoms with E-state index in [4.69, 9.17) is 11.5 Å². The highest BCUT2D eigenvalue weighted by atomic mass is 19.4. The quantitative estimate of drug-likeness (QED) is 0.696. The van der Waals surface area contributed by atoms with E-state index in [2.05, 4.69) is 9.97 Å². The normalized spacial score (nSPS) is 11.5. The SMILES string of the molecule is Nc1ccc(-c2cccc(N)c2-c2nccc(C(F)(F)F)n2)cc1. The van der Waals surface area contributed by atoms with Crippen molar-refractivity contribution >= 4 is 11.4 Å². The molecule has 0 amide bonds. The highest BCUT2D eigenvalue weighted by molar-refractivity contribution is 5.88. The lowest BCUT2D eigenvalue weighted by atomic mass is 9.97. The molecular formula is C17H13F3N4. The smallest absolute Gasteiger partial charge is 0.399 e. The van der Waals surface area contributed by atoms with Crippen molar-refractivity contribution in [2.24, 2.45) is 0 Å². The van der Waals surface area contributed by atoms with Gasteiger partial charge in [-0.1, -0.05) is 24.3 Å². The van der Waals surface area contributed by atoms with Crippen LogP contribution in [0, 0.1) is 0 Å². The van der Waals surface area contributed by atoms with E-state index in [1.807, 2.05) is 0 Å². The minimum atomic E-state index is -4.55. The first-order chi connectivity index (χ1) is 11.4. The Balaban J connectivity index is 2.20. The highest BCUT2D eigenvalue weighted by Crippen LogP contribution is 2.36. The van der Waals surface area contributed by atoms with Crippen LogP contribution in [-0.2, 0) is 6.18 Å². The molecule has 1 heterocycles. The van der Waals surface area contributed by atoms with Crippen molar-refractivity contribution in [2.75, 3.05) is 11.5 Å². The monoisotopic (exact) mass is 330 g/mol. The molecule has 0 radical (unpaired) electrons. The van der Waals surface area contributed by atoms with Crippen molar-refractivity contribution in [2.45, 2.75) is 6.18 Å². The second-order valence-electron chi connectivity index (χ2n) is 5.16. The van der Waals surface area contributed by atoms with Crippen LogP contribution in [0.2, 0.25) is 0 Å². The maximum absolute atomic E-state index is 12.9. The number of halogens is 3. The van der Waals surface area contributed by atoms with Gasteiger partial charge in [-0.15, -0.1) is 0 Å². The van der Waals surface area contributed by atoms with Crippen LogP contribution in [0.25, 0.3) is 22.5 Å². The van der Waals surface area contributed by atoms with Crippen LogP contribution in [0.4, 0.5) is 24.5 Å². The Hall–Kier alpha value is -3.09. The van der Waals surface area contributed by atoms with Crippen LogP contribution in [0.1, 0.15) is 5.69 Å². The van der Waals surface area contributed by atoms with Crippen LogP contribution in [0.15, 0.2) is 54.7 Å². The zero-order valence-corrected chi connectivity index (χ0v) is 12.4. The van der Waals surface area contributed by atoms with E-state index in [1.54, 1.807) is 42.5 Å². The molecular weight excluding hydrogens is 317 g/mol. The molecule has 4 nitrogen and oxygen atoms in total. The summed E-state index contributed by atoms with van der Waals surface area (Å²) in [5, 5.41) is 0. The lowest BCUT2D eigenvalue weighted by Gasteiger charge is -2.13. The number of nitrogens with two attached hydrogens (primary N) is 2. The average Bonchev–Trinajstić information content (AvgIpc) is 2.55. The van der Waals surface area contributed by atoms with Gasteiger partial charge in [-0.2, -0.15) is 13.2 Å². The molecule has 0 aliphatic rings. The number of rotatable bonds is 2. The van der Waals surface area contributed by atoms with Crippen molar-refractivity contribution in [3.8, 4) is 22.5 Å². The first-order valence-electron chi connectivity index (χ1n) is 7.01. The zero-order chi connectivity index (χ0) is 17.3. The summed E-state index contributed by atoms with van der Waals surface area (Å²) in [6.07, 6.45) is -3.48. The first kappa shape index (κ1) is 15.8. The van der Waals surface area contributed by atoms with Crippen molar-refractivity contribution in [3.63, 3.8) is 0 Å². The molecule has 0 saturated heterocycles. The van der Waals surface area contributed by atoms with Gasteiger partial charge in [0.2, 0.25) is 0 Å². The van der Waals surface area contributed by atoms with Crippen LogP contribution in [-0.4, -0.2) is 9.97 Å². The summed E-state index contributed by atoms with van der Waals surface area (Å²) in [4.78, 5) is 7.61. The molecule has 0 bridgehead atoms. The van der Waals surface area contributed by atoms with Gasteiger partial charge in [0.1, 0.15) is 5.69 Å². The summed E-state index contributed by atoms with van der Waals surface area (Å²) < 4.78 is 38.7. The standard InChI is InChI=1S/C17H13F3N4/c18-17(19,20)14-8-9-23-16(24-14)15-12(2-1-3-13(15)22)10-4-6-11(21)7-5-10/h1-9H,21-22H2. The van der Waals surface area contributed by atoms with Gasteiger partial charge in [0.25, 0.3) is 0 Å². The van der Waals surface area contributed by atoms with Crippen molar-refractivity contribution in [1.29, 1.82) is 0 Å². The second kappa shape index (κ2) is 5.84. The number of nitrogens with zero attached hydrogens (tertiary/aromatic N) is 2. The van der Waals surface area contributed by atoms with Crippen LogP contribution in [0.5, 0.6) is 0 Å². The van der Waals surface area contributed by atoms with E-state index in [-0.39, 0.29) is 5.82 Å². The van der Waals surface area contributed by atoms with Crippen LogP contribution < -0.4 is 11.5 Å². The maximum Gasteiger partial charge on any atom is 0.433 e. The summed E-state index contributed by atoms with van der Waals surface area (Å²) in [5.74, 6) is -0.0743. The number of hydrogen-bond donors (Lipinski definition) is 2. The Bertz CT molecular complexity index is 874. The van der Waals surface area contributed by atoms with E-state index >= 15 is 0 Å². The van der Waals surface area contributed by atoms with E-state index in [1.165, 1.54) is 0 Å². The summed E-state index contributed by atoms with van der Waals surface area (Å²) in [7, 11) is 0. The van der Waals surface area contributed by atoms with Crippen molar-refractivity contribution in [3.05, 3.63) is 60.4 Å². The topological polar surface area (TPSA) is 77.8 Å². The van der Waals surface area contributed by atoms with Crippen molar-refractivity contribution < 1.29 is 13.2 Å². The molecule has 0 atom stereocenters. The average molecular weight is 330 g/mol. The Kier molecular flexibility index (Phi) is 3.84. The molecule has 0 unspecified atom stereocenters. The Morgan fingerprint density at radius 3 is 2.25 bits per heavy atom. The van der Waals surface area contributed by atoms with Gasteiger partial charge in [-0.25, -0.2) is 9.97 Å². The number of nitrogen functional groups attached to an aromatic ring is 2. The number of hydrogen-bond acceptors (Lipinski definition) is 4. The zero-order valence-electron chi connectivity index (χ0n) is 12.4. The molecule has 4 N–H and O–H groups in total. The summed E-state index contributed by atoms with van der Waals surface area (Å²) in [6.45, 7) is 0. The Morgan fingerprint density at radius 2 is 1.58 bits per heavy atom. The molecule has 0 saturated carbocycles. The summed E-state index contributed by atoms with van der Waals surface area (Å²) >= 11 is 0. The summed E-state index contributed by atoms with van der Waals surface area (Å²) in [5.41, 5.74) is 13.3. The third-order valence-electron chi connectivity index (χ3n) is 3.49. The Labute approximate surface area is 136 Å². The fourth-order valence-electron chi connectivity index (χ4n) is 2.36. The van der Waals surface area contributed by atoms with Gasteiger partial charge in [0, 0.05) is 23.1 Å². The molecule has 0 fully saturated rings. The third-order valence-corrected chi connectivity index (χ3v) is 3.49. The largest absolute Gasteiger partial charge is 0.433 e. The van der Waals surface area contributed by atoms with E-state index < -0.39 is 11.9 Å². The molecule has 122 valence electrons. The highest BCUT2D eigenvalue weighted by Gasteiger charge is 2.33. The minimum Gasteiger partial charge on any atom is -0.399 e. The Morgan fingerprint density at radius 1 is 0.875 bits per heavy atom. The van der Waals surface area contributed by atoms with Gasteiger partial charge in [-0.3, -0.25) is 0 Å². The number of anilines is 2.